The molecule has 32 heavy (non-hydrogen) atoms. The molecule has 6 nitrogen and oxygen atoms in total. The SMILES string of the molecule is CC(C)CCCCCCCO.CC(C)CCCCCCCO.O=C(O)CCCCC(=O)O. The van der Waals surface area contributed by atoms with Crippen molar-refractivity contribution in [2.45, 2.75) is 130 Å². The van der Waals surface area contributed by atoms with Crippen LogP contribution in [0.15, 0.2) is 0 Å². The molecule has 0 aromatic rings. The van der Waals surface area contributed by atoms with E-state index >= 15 is 0 Å². The summed E-state index contributed by atoms with van der Waals surface area (Å²) in [4.78, 5) is 19.8. The van der Waals surface area contributed by atoms with Crippen LogP contribution in [0.2, 0.25) is 0 Å². The molecule has 0 amide bonds. The van der Waals surface area contributed by atoms with Gasteiger partial charge in [0.2, 0.25) is 0 Å². The van der Waals surface area contributed by atoms with Gasteiger partial charge in [-0.25, -0.2) is 0 Å². The standard InChI is InChI=1S/2C10H22O.C6H10O4/c2*1-10(2)8-6-4-3-5-7-9-11;7-5(8)3-1-2-4-6(9)10/h2*10-11H,3-9H2,1-2H3;1-4H2,(H,7,8)(H,9,10). The van der Waals surface area contributed by atoms with Gasteiger partial charge in [0.25, 0.3) is 0 Å². The number of carbonyl (C=O) groups is 2. The van der Waals surface area contributed by atoms with E-state index in [2.05, 4.69) is 27.7 Å². The van der Waals surface area contributed by atoms with E-state index in [4.69, 9.17) is 20.4 Å². The Bertz CT molecular complexity index is 347. The molecule has 0 radical (unpaired) electrons. The minimum absolute atomic E-state index is 0.0628. The third-order valence-electron chi connectivity index (χ3n) is 4.91. The number of rotatable bonds is 19. The number of aliphatic carboxylic acids is 2. The summed E-state index contributed by atoms with van der Waals surface area (Å²) >= 11 is 0. The molecule has 0 unspecified atom stereocenters. The third kappa shape index (κ3) is 46.9. The van der Waals surface area contributed by atoms with E-state index in [0.717, 1.165) is 24.7 Å². The molecule has 0 aliphatic heterocycles. The summed E-state index contributed by atoms with van der Waals surface area (Å²) in [5.74, 6) is -0.0311. The normalized spacial score (nSPS) is 10.4. The molecule has 0 aliphatic carbocycles. The number of unbranched alkanes of at least 4 members (excludes halogenated alkanes) is 9. The third-order valence-corrected chi connectivity index (χ3v) is 4.91. The van der Waals surface area contributed by atoms with Gasteiger partial charge in [0.05, 0.1) is 0 Å². The number of hydrogen-bond acceptors (Lipinski definition) is 4. The smallest absolute Gasteiger partial charge is 0.303 e. The minimum atomic E-state index is -0.870. The summed E-state index contributed by atoms with van der Waals surface area (Å²) in [5.41, 5.74) is 0. The van der Waals surface area contributed by atoms with E-state index in [-0.39, 0.29) is 12.8 Å². The van der Waals surface area contributed by atoms with Crippen LogP contribution in [0.5, 0.6) is 0 Å². The van der Waals surface area contributed by atoms with Crippen molar-refractivity contribution in [3.05, 3.63) is 0 Å². The molecule has 0 saturated heterocycles. The van der Waals surface area contributed by atoms with Crippen molar-refractivity contribution in [2.24, 2.45) is 11.8 Å². The predicted molar refractivity (Wildman–Crippen MR) is 133 cm³/mol. The highest BCUT2D eigenvalue weighted by Crippen LogP contribution is 2.10. The van der Waals surface area contributed by atoms with Gasteiger partial charge >= 0.3 is 11.9 Å². The van der Waals surface area contributed by atoms with Gasteiger partial charge in [-0.05, 0) is 37.5 Å². The summed E-state index contributed by atoms with van der Waals surface area (Å²) in [7, 11) is 0. The van der Waals surface area contributed by atoms with Crippen LogP contribution in [0.25, 0.3) is 0 Å². The van der Waals surface area contributed by atoms with E-state index in [1.807, 2.05) is 0 Å². The summed E-state index contributed by atoms with van der Waals surface area (Å²) in [5, 5.41) is 33.3. The molecule has 0 rings (SSSR count). The zero-order valence-electron chi connectivity index (χ0n) is 21.5. The molecule has 194 valence electrons. The molecular formula is C26H54O6. The van der Waals surface area contributed by atoms with Gasteiger partial charge in [-0.1, -0.05) is 91.9 Å². The van der Waals surface area contributed by atoms with Crippen LogP contribution in [0.3, 0.4) is 0 Å². The van der Waals surface area contributed by atoms with E-state index in [9.17, 15) is 9.59 Å². The number of carboxylic acids is 2. The largest absolute Gasteiger partial charge is 0.481 e. The van der Waals surface area contributed by atoms with E-state index < -0.39 is 11.9 Å². The lowest BCUT2D eigenvalue weighted by Crippen LogP contribution is -1.97. The maximum atomic E-state index is 9.90. The van der Waals surface area contributed by atoms with Crippen LogP contribution in [0, 0.1) is 11.8 Å². The van der Waals surface area contributed by atoms with Crippen LogP contribution < -0.4 is 0 Å². The van der Waals surface area contributed by atoms with Crippen LogP contribution >= 0.6 is 0 Å². The first-order valence-corrected chi connectivity index (χ1v) is 12.8. The number of hydrogen-bond donors (Lipinski definition) is 4. The quantitative estimate of drug-likeness (QED) is 0.159. The zero-order valence-corrected chi connectivity index (χ0v) is 21.5. The predicted octanol–water partition coefficient (Wildman–Crippen LogP) is 6.67. The molecule has 0 aromatic carbocycles. The van der Waals surface area contributed by atoms with Crippen LogP contribution in [-0.4, -0.2) is 45.6 Å². The highest BCUT2D eigenvalue weighted by Gasteiger charge is 1.99. The number of aliphatic hydroxyl groups excluding tert-OH is 2. The second kappa shape index (κ2) is 29.9. The Kier molecular flexibility index (Phi) is 33.1. The first-order valence-electron chi connectivity index (χ1n) is 12.8. The molecule has 0 spiro atoms. The molecule has 0 heterocycles. The van der Waals surface area contributed by atoms with E-state index in [0.29, 0.717) is 26.1 Å². The molecule has 0 aliphatic rings. The highest BCUT2D eigenvalue weighted by atomic mass is 16.4. The Morgan fingerprint density at radius 2 is 0.781 bits per heavy atom. The average molecular weight is 463 g/mol. The van der Waals surface area contributed by atoms with Crippen molar-refractivity contribution in [1.29, 1.82) is 0 Å². The molecule has 6 heteroatoms. The van der Waals surface area contributed by atoms with Gasteiger partial charge in [-0.15, -0.1) is 0 Å². The molecule has 4 N–H and O–H groups in total. The maximum absolute atomic E-state index is 9.90. The van der Waals surface area contributed by atoms with Crippen molar-refractivity contribution >= 4 is 11.9 Å². The first kappa shape index (κ1) is 35.4. The Balaban J connectivity index is -0.000000395. The monoisotopic (exact) mass is 462 g/mol. The van der Waals surface area contributed by atoms with Crippen LogP contribution in [0.4, 0.5) is 0 Å². The van der Waals surface area contributed by atoms with Gasteiger partial charge in [0, 0.05) is 26.1 Å². The molecule has 0 aromatic heterocycles. The summed E-state index contributed by atoms with van der Waals surface area (Å²) in [6, 6.07) is 0. The molecule has 0 saturated carbocycles. The van der Waals surface area contributed by atoms with Crippen LogP contribution in [0.1, 0.15) is 130 Å². The Labute approximate surface area is 197 Å². The second-order valence-electron chi connectivity index (χ2n) is 9.34. The van der Waals surface area contributed by atoms with Gasteiger partial charge in [0.15, 0.2) is 0 Å². The van der Waals surface area contributed by atoms with Gasteiger partial charge in [-0.3, -0.25) is 9.59 Å². The molecule has 0 bridgehead atoms. The molecular weight excluding hydrogens is 408 g/mol. The average Bonchev–Trinajstić information content (AvgIpc) is 2.71. The summed E-state index contributed by atoms with van der Waals surface area (Å²) in [6.07, 6.45) is 16.1. The second-order valence-corrected chi connectivity index (χ2v) is 9.34. The Morgan fingerprint density at radius 3 is 1.03 bits per heavy atom. The molecule has 0 fully saturated rings. The fourth-order valence-corrected chi connectivity index (χ4v) is 2.94. The summed E-state index contributed by atoms with van der Waals surface area (Å²) in [6.45, 7) is 9.82. The highest BCUT2D eigenvalue weighted by molar-refractivity contribution is 5.67. The van der Waals surface area contributed by atoms with E-state index in [1.54, 1.807) is 0 Å². The van der Waals surface area contributed by atoms with Crippen molar-refractivity contribution in [3.8, 4) is 0 Å². The fraction of sp³-hybridized carbons (Fsp3) is 0.923. The van der Waals surface area contributed by atoms with Crippen molar-refractivity contribution in [3.63, 3.8) is 0 Å². The van der Waals surface area contributed by atoms with Crippen molar-refractivity contribution in [2.75, 3.05) is 13.2 Å². The lowest BCUT2D eigenvalue weighted by molar-refractivity contribution is -0.139. The first-order chi connectivity index (χ1) is 15.2. The maximum Gasteiger partial charge on any atom is 0.303 e. The Morgan fingerprint density at radius 1 is 0.500 bits per heavy atom. The van der Waals surface area contributed by atoms with Crippen molar-refractivity contribution in [1.82, 2.24) is 0 Å². The minimum Gasteiger partial charge on any atom is -0.481 e. The van der Waals surface area contributed by atoms with Gasteiger partial charge in [0.1, 0.15) is 0 Å². The zero-order chi connectivity index (χ0) is 25.0. The molecule has 0 atom stereocenters. The summed E-state index contributed by atoms with van der Waals surface area (Å²) < 4.78 is 0. The van der Waals surface area contributed by atoms with Gasteiger partial charge in [-0.2, -0.15) is 0 Å². The number of aliphatic hydroxyl groups is 2. The van der Waals surface area contributed by atoms with Gasteiger partial charge < -0.3 is 20.4 Å². The topological polar surface area (TPSA) is 115 Å². The van der Waals surface area contributed by atoms with E-state index in [1.165, 1.54) is 64.2 Å². The lowest BCUT2D eigenvalue weighted by Gasteiger charge is -2.03. The Hall–Kier alpha value is -1.14. The lowest BCUT2D eigenvalue weighted by atomic mass is 10.0. The van der Waals surface area contributed by atoms with Crippen LogP contribution in [-0.2, 0) is 9.59 Å². The van der Waals surface area contributed by atoms with Crippen molar-refractivity contribution < 1.29 is 30.0 Å². The fourth-order valence-electron chi connectivity index (χ4n) is 2.94. The number of carboxylic acid groups (broad SMARTS) is 2.